The molecule has 0 saturated heterocycles. The number of anilines is 1. The average molecular weight is 298 g/mol. The van der Waals surface area contributed by atoms with E-state index in [1.54, 1.807) is 11.3 Å². The molecule has 0 saturated carbocycles. The molecule has 2 heterocycles. The van der Waals surface area contributed by atoms with Crippen LogP contribution in [0, 0.1) is 5.92 Å². The average Bonchev–Trinajstić information content (AvgIpc) is 2.85. The molecule has 2 N–H and O–H groups in total. The Labute approximate surface area is 128 Å². The molecule has 2 aliphatic rings. The van der Waals surface area contributed by atoms with Gasteiger partial charge in [0.15, 0.2) is 0 Å². The second kappa shape index (κ2) is 4.88. The first-order chi connectivity index (χ1) is 10.2. The lowest BCUT2D eigenvalue weighted by Crippen LogP contribution is -2.38. The number of rotatable bonds is 1. The van der Waals surface area contributed by atoms with Crippen molar-refractivity contribution < 1.29 is 4.79 Å². The second-order valence-electron chi connectivity index (χ2n) is 6.02. The third-order valence-electron chi connectivity index (χ3n) is 4.42. The van der Waals surface area contributed by atoms with E-state index in [-0.39, 0.29) is 12.1 Å². The van der Waals surface area contributed by atoms with Gasteiger partial charge in [-0.15, -0.1) is 11.3 Å². The van der Waals surface area contributed by atoms with Crippen LogP contribution in [-0.2, 0) is 12.8 Å². The van der Waals surface area contributed by atoms with Crippen LogP contribution in [0.2, 0.25) is 0 Å². The lowest BCUT2D eigenvalue weighted by Gasteiger charge is -2.27. The maximum atomic E-state index is 12.5. The lowest BCUT2D eigenvalue weighted by atomic mass is 9.88. The van der Waals surface area contributed by atoms with Crippen LogP contribution in [0.25, 0.3) is 0 Å². The van der Waals surface area contributed by atoms with Gasteiger partial charge in [-0.2, -0.15) is 0 Å². The number of benzene rings is 1. The molecule has 0 bridgehead atoms. The van der Waals surface area contributed by atoms with Crippen LogP contribution >= 0.6 is 11.3 Å². The minimum atomic E-state index is -0.122. The van der Waals surface area contributed by atoms with E-state index in [1.807, 2.05) is 30.3 Å². The summed E-state index contributed by atoms with van der Waals surface area (Å²) in [4.78, 5) is 13.9. The van der Waals surface area contributed by atoms with Gasteiger partial charge in [0.25, 0.3) is 5.91 Å². The van der Waals surface area contributed by atoms with Crippen molar-refractivity contribution in [1.82, 2.24) is 5.32 Å². The molecule has 2 aromatic rings. The molecule has 4 rings (SSSR count). The molecule has 2 atom stereocenters. The summed E-state index contributed by atoms with van der Waals surface area (Å²) in [5.41, 5.74) is 3.27. The van der Waals surface area contributed by atoms with E-state index in [0.717, 1.165) is 34.9 Å². The van der Waals surface area contributed by atoms with Crippen molar-refractivity contribution in [2.24, 2.45) is 5.92 Å². The first-order valence-electron chi connectivity index (χ1n) is 7.49. The van der Waals surface area contributed by atoms with Gasteiger partial charge in [-0.05, 0) is 36.3 Å². The van der Waals surface area contributed by atoms with E-state index in [2.05, 4.69) is 17.6 Å². The third kappa shape index (κ3) is 2.14. The Balaban J connectivity index is 1.71. The van der Waals surface area contributed by atoms with Gasteiger partial charge in [-0.25, -0.2) is 0 Å². The highest BCUT2D eigenvalue weighted by molar-refractivity contribution is 7.16. The summed E-state index contributed by atoms with van der Waals surface area (Å²) in [6.45, 7) is 2.29. The molecular weight excluding hydrogens is 280 g/mol. The molecule has 1 aromatic heterocycles. The van der Waals surface area contributed by atoms with E-state index in [0.29, 0.717) is 0 Å². The van der Waals surface area contributed by atoms with Crippen LogP contribution < -0.4 is 10.6 Å². The predicted molar refractivity (Wildman–Crippen MR) is 85.8 cm³/mol. The molecule has 1 aliphatic carbocycles. The Morgan fingerprint density at radius 3 is 2.81 bits per heavy atom. The first-order valence-corrected chi connectivity index (χ1v) is 8.31. The van der Waals surface area contributed by atoms with Crippen LogP contribution in [0.3, 0.4) is 0 Å². The fraction of sp³-hybridized carbons (Fsp3) is 0.353. The van der Waals surface area contributed by atoms with Crippen molar-refractivity contribution in [3.8, 4) is 0 Å². The minimum Gasteiger partial charge on any atom is -0.353 e. The normalized spacial score (nSPS) is 23.8. The third-order valence-corrected chi connectivity index (χ3v) is 5.61. The predicted octanol–water partition coefficient (Wildman–Crippen LogP) is 3.73. The zero-order valence-corrected chi connectivity index (χ0v) is 12.8. The van der Waals surface area contributed by atoms with Crippen molar-refractivity contribution >= 4 is 22.2 Å². The Morgan fingerprint density at radius 1 is 1.19 bits per heavy atom. The molecule has 1 aliphatic heterocycles. The SMILES string of the molecule is C[C@@H]1CCc2c(sc3c2C(=O)N[C@H](c2ccccc2)N3)C1. The van der Waals surface area contributed by atoms with Crippen molar-refractivity contribution in [1.29, 1.82) is 0 Å². The second-order valence-corrected chi connectivity index (χ2v) is 7.12. The van der Waals surface area contributed by atoms with E-state index >= 15 is 0 Å². The summed E-state index contributed by atoms with van der Waals surface area (Å²) < 4.78 is 0. The van der Waals surface area contributed by atoms with Crippen LogP contribution in [-0.4, -0.2) is 5.91 Å². The van der Waals surface area contributed by atoms with Gasteiger partial charge in [-0.3, -0.25) is 4.79 Å². The van der Waals surface area contributed by atoms with Crippen LogP contribution in [0.4, 0.5) is 5.00 Å². The topological polar surface area (TPSA) is 41.1 Å². The molecule has 4 heteroatoms. The Hall–Kier alpha value is -1.81. The van der Waals surface area contributed by atoms with Gasteiger partial charge in [0, 0.05) is 4.88 Å². The molecular formula is C17H18N2OS. The van der Waals surface area contributed by atoms with E-state index in [4.69, 9.17) is 0 Å². The molecule has 1 amide bonds. The van der Waals surface area contributed by atoms with Crippen molar-refractivity contribution in [2.45, 2.75) is 32.4 Å². The van der Waals surface area contributed by atoms with Crippen LogP contribution in [0.15, 0.2) is 30.3 Å². The largest absolute Gasteiger partial charge is 0.353 e. The number of carbonyl (C=O) groups is 1. The zero-order valence-electron chi connectivity index (χ0n) is 12.0. The fourth-order valence-corrected chi connectivity index (χ4v) is 4.71. The Morgan fingerprint density at radius 2 is 2.00 bits per heavy atom. The van der Waals surface area contributed by atoms with Crippen molar-refractivity contribution in [2.75, 3.05) is 5.32 Å². The van der Waals surface area contributed by atoms with Gasteiger partial charge >= 0.3 is 0 Å². The number of hydrogen-bond donors (Lipinski definition) is 2. The summed E-state index contributed by atoms with van der Waals surface area (Å²) in [6.07, 6.45) is 3.21. The maximum Gasteiger partial charge on any atom is 0.256 e. The van der Waals surface area contributed by atoms with Gasteiger partial charge < -0.3 is 10.6 Å². The number of hydrogen-bond acceptors (Lipinski definition) is 3. The van der Waals surface area contributed by atoms with E-state index in [1.165, 1.54) is 16.9 Å². The molecule has 1 aromatic carbocycles. The van der Waals surface area contributed by atoms with Crippen LogP contribution in [0.1, 0.15) is 45.9 Å². The highest BCUT2D eigenvalue weighted by atomic mass is 32.1. The van der Waals surface area contributed by atoms with Gasteiger partial charge in [0.2, 0.25) is 0 Å². The van der Waals surface area contributed by atoms with Gasteiger partial charge in [0.1, 0.15) is 11.2 Å². The van der Waals surface area contributed by atoms with Crippen molar-refractivity contribution in [3.63, 3.8) is 0 Å². The van der Waals surface area contributed by atoms with E-state index < -0.39 is 0 Å². The highest BCUT2D eigenvalue weighted by Gasteiger charge is 2.32. The molecule has 0 spiro atoms. The monoisotopic (exact) mass is 298 g/mol. The molecule has 0 radical (unpaired) electrons. The Kier molecular flexibility index (Phi) is 3.00. The minimum absolute atomic E-state index is 0.0738. The van der Waals surface area contributed by atoms with Crippen molar-refractivity contribution in [3.05, 3.63) is 51.9 Å². The number of fused-ring (bicyclic) bond motifs is 3. The van der Waals surface area contributed by atoms with Gasteiger partial charge in [-0.1, -0.05) is 37.3 Å². The summed E-state index contributed by atoms with van der Waals surface area (Å²) >= 11 is 1.77. The Bertz CT molecular complexity index is 692. The summed E-state index contributed by atoms with van der Waals surface area (Å²) in [5.74, 6) is 0.801. The first kappa shape index (κ1) is 12.9. The smallest absolute Gasteiger partial charge is 0.256 e. The maximum absolute atomic E-state index is 12.5. The number of thiophene rings is 1. The highest BCUT2D eigenvalue weighted by Crippen LogP contribution is 2.42. The standard InChI is InChI=1S/C17H18N2OS/c1-10-7-8-12-13(9-10)21-17-14(12)16(20)18-15(19-17)11-5-3-2-4-6-11/h2-6,10,15,19H,7-9H2,1H3,(H,18,20)/t10-,15+/m1/s1. The summed E-state index contributed by atoms with van der Waals surface area (Å²) in [5, 5.41) is 7.64. The quantitative estimate of drug-likeness (QED) is 0.842. The summed E-state index contributed by atoms with van der Waals surface area (Å²) in [6, 6.07) is 10.1. The molecule has 21 heavy (non-hydrogen) atoms. The molecule has 0 unspecified atom stereocenters. The molecule has 0 fully saturated rings. The number of carbonyl (C=O) groups excluding carboxylic acids is 1. The van der Waals surface area contributed by atoms with E-state index in [9.17, 15) is 4.79 Å². The summed E-state index contributed by atoms with van der Waals surface area (Å²) in [7, 11) is 0. The number of nitrogens with one attached hydrogen (secondary N) is 2. The fourth-order valence-electron chi connectivity index (χ4n) is 3.28. The lowest BCUT2D eigenvalue weighted by molar-refractivity contribution is 0.0935. The van der Waals surface area contributed by atoms with Crippen LogP contribution in [0.5, 0.6) is 0 Å². The number of amides is 1. The van der Waals surface area contributed by atoms with Gasteiger partial charge in [0.05, 0.1) is 5.56 Å². The zero-order chi connectivity index (χ0) is 14.4. The molecule has 3 nitrogen and oxygen atoms in total. The molecule has 108 valence electrons.